The largest absolute Gasteiger partial charge is 0.388 e. The first-order chi connectivity index (χ1) is 6.86. The molecule has 0 bridgehead atoms. The zero-order valence-electron chi connectivity index (χ0n) is 9.84. The Kier molecular flexibility index (Phi) is 3.50. The van der Waals surface area contributed by atoms with Crippen LogP contribution in [0, 0.1) is 18.2 Å². The van der Waals surface area contributed by atoms with E-state index < -0.39 is 6.10 Å². The van der Waals surface area contributed by atoms with Crippen LogP contribution in [0.15, 0.2) is 18.2 Å². The number of hydrogen-bond acceptors (Lipinski definition) is 1. The summed E-state index contributed by atoms with van der Waals surface area (Å²) in [5.74, 6) is -0.282. The van der Waals surface area contributed by atoms with E-state index in [1.165, 1.54) is 12.1 Å². The van der Waals surface area contributed by atoms with Crippen LogP contribution in [0.3, 0.4) is 0 Å². The molecule has 2 heteroatoms. The van der Waals surface area contributed by atoms with Gasteiger partial charge < -0.3 is 5.11 Å². The van der Waals surface area contributed by atoms with E-state index in [4.69, 9.17) is 0 Å². The third-order valence-electron chi connectivity index (χ3n) is 3.03. The summed E-state index contributed by atoms with van der Waals surface area (Å²) >= 11 is 0. The van der Waals surface area contributed by atoms with E-state index in [0.29, 0.717) is 5.56 Å². The highest BCUT2D eigenvalue weighted by Crippen LogP contribution is 2.36. The first-order valence-electron chi connectivity index (χ1n) is 5.32. The molecule has 1 rings (SSSR count). The molecule has 0 radical (unpaired) electrons. The summed E-state index contributed by atoms with van der Waals surface area (Å²) in [6, 6.07) is 4.72. The van der Waals surface area contributed by atoms with Crippen molar-refractivity contribution >= 4 is 0 Å². The van der Waals surface area contributed by atoms with Crippen LogP contribution in [0.5, 0.6) is 0 Å². The van der Waals surface area contributed by atoms with Crippen molar-refractivity contribution in [3.63, 3.8) is 0 Å². The highest BCUT2D eigenvalue weighted by molar-refractivity contribution is 5.26. The van der Waals surface area contributed by atoms with Crippen molar-refractivity contribution in [3.05, 3.63) is 35.1 Å². The maximum Gasteiger partial charge on any atom is 0.123 e. The van der Waals surface area contributed by atoms with E-state index >= 15 is 0 Å². The fraction of sp³-hybridized carbons (Fsp3) is 0.538. The second-order valence-electron chi connectivity index (χ2n) is 4.81. The lowest BCUT2D eigenvalue weighted by molar-refractivity contribution is 0.0463. The Morgan fingerprint density at radius 3 is 2.40 bits per heavy atom. The second kappa shape index (κ2) is 4.31. The van der Waals surface area contributed by atoms with Crippen LogP contribution < -0.4 is 0 Å². The van der Waals surface area contributed by atoms with Crippen LogP contribution in [0.25, 0.3) is 0 Å². The van der Waals surface area contributed by atoms with Gasteiger partial charge in [-0.2, -0.15) is 0 Å². The number of aliphatic hydroxyl groups is 1. The predicted molar refractivity (Wildman–Crippen MR) is 60.2 cm³/mol. The molecule has 0 aliphatic carbocycles. The van der Waals surface area contributed by atoms with E-state index in [0.717, 1.165) is 12.0 Å². The standard InChI is InChI=1S/C13H19FO/c1-5-13(3,4)12(15)10-6-9(2)7-11(14)8-10/h6-8,12,15H,5H2,1-4H3. The Morgan fingerprint density at radius 1 is 1.33 bits per heavy atom. The Morgan fingerprint density at radius 2 is 1.93 bits per heavy atom. The third-order valence-corrected chi connectivity index (χ3v) is 3.03. The number of hydrogen-bond donors (Lipinski definition) is 1. The molecule has 0 saturated carbocycles. The van der Waals surface area contributed by atoms with Crippen molar-refractivity contribution in [3.8, 4) is 0 Å². The number of aliphatic hydroxyl groups excluding tert-OH is 1. The van der Waals surface area contributed by atoms with Crippen LogP contribution in [-0.4, -0.2) is 5.11 Å². The van der Waals surface area contributed by atoms with Gasteiger partial charge in [0.1, 0.15) is 5.82 Å². The molecule has 1 atom stereocenters. The summed E-state index contributed by atoms with van der Waals surface area (Å²) in [6.45, 7) is 7.82. The van der Waals surface area contributed by atoms with Gasteiger partial charge in [-0.3, -0.25) is 0 Å². The molecule has 0 aliphatic rings. The van der Waals surface area contributed by atoms with Crippen molar-refractivity contribution < 1.29 is 9.50 Å². The van der Waals surface area contributed by atoms with Gasteiger partial charge in [-0.25, -0.2) is 4.39 Å². The molecule has 0 fully saturated rings. The van der Waals surface area contributed by atoms with Crippen molar-refractivity contribution in [1.82, 2.24) is 0 Å². The minimum atomic E-state index is -0.614. The smallest absolute Gasteiger partial charge is 0.123 e. The van der Waals surface area contributed by atoms with E-state index in [1.54, 1.807) is 0 Å². The van der Waals surface area contributed by atoms with Gasteiger partial charge in [-0.15, -0.1) is 0 Å². The number of rotatable bonds is 3. The molecule has 1 aromatic rings. The fourth-order valence-electron chi connectivity index (χ4n) is 1.57. The van der Waals surface area contributed by atoms with Crippen LogP contribution in [0.1, 0.15) is 44.4 Å². The summed E-state index contributed by atoms with van der Waals surface area (Å²) in [7, 11) is 0. The van der Waals surface area contributed by atoms with E-state index in [2.05, 4.69) is 0 Å². The third kappa shape index (κ3) is 2.78. The molecule has 0 saturated heterocycles. The SMILES string of the molecule is CCC(C)(C)C(O)c1cc(C)cc(F)c1. The molecule has 1 N–H and O–H groups in total. The quantitative estimate of drug-likeness (QED) is 0.808. The summed E-state index contributed by atoms with van der Waals surface area (Å²) in [6.07, 6.45) is 0.237. The Hall–Kier alpha value is -0.890. The average Bonchev–Trinajstić information content (AvgIpc) is 2.15. The second-order valence-corrected chi connectivity index (χ2v) is 4.81. The highest BCUT2D eigenvalue weighted by atomic mass is 19.1. The van der Waals surface area contributed by atoms with Gasteiger partial charge in [0.2, 0.25) is 0 Å². The molecule has 0 amide bonds. The molecule has 1 unspecified atom stereocenters. The molecule has 1 nitrogen and oxygen atoms in total. The van der Waals surface area contributed by atoms with Gasteiger partial charge in [0.05, 0.1) is 6.10 Å². The fourth-order valence-corrected chi connectivity index (χ4v) is 1.57. The minimum absolute atomic E-state index is 0.222. The minimum Gasteiger partial charge on any atom is -0.388 e. The molecule has 0 heterocycles. The topological polar surface area (TPSA) is 20.2 Å². The maximum absolute atomic E-state index is 13.2. The zero-order valence-corrected chi connectivity index (χ0v) is 9.84. The van der Waals surface area contributed by atoms with Gasteiger partial charge in [0, 0.05) is 0 Å². The van der Waals surface area contributed by atoms with Gasteiger partial charge in [0.25, 0.3) is 0 Å². The van der Waals surface area contributed by atoms with Crippen molar-refractivity contribution in [1.29, 1.82) is 0 Å². The van der Waals surface area contributed by atoms with Gasteiger partial charge in [0.15, 0.2) is 0 Å². The van der Waals surface area contributed by atoms with Gasteiger partial charge in [-0.05, 0) is 42.0 Å². The normalized spacial score (nSPS) is 14.0. The predicted octanol–water partition coefficient (Wildman–Crippen LogP) is 3.60. The van der Waals surface area contributed by atoms with Crippen molar-refractivity contribution in [2.24, 2.45) is 5.41 Å². The number of aryl methyl sites for hydroxylation is 1. The first kappa shape index (κ1) is 12.2. The number of halogens is 1. The monoisotopic (exact) mass is 210 g/mol. The van der Waals surface area contributed by atoms with Crippen LogP contribution >= 0.6 is 0 Å². The van der Waals surface area contributed by atoms with Gasteiger partial charge in [-0.1, -0.05) is 26.8 Å². The lowest BCUT2D eigenvalue weighted by Crippen LogP contribution is -2.21. The highest BCUT2D eigenvalue weighted by Gasteiger charge is 2.27. The Balaban J connectivity index is 3.06. The first-order valence-corrected chi connectivity index (χ1v) is 5.32. The molecule has 0 spiro atoms. The van der Waals surface area contributed by atoms with E-state index in [1.807, 2.05) is 33.8 Å². The summed E-state index contributed by atoms with van der Waals surface area (Å²) in [5.41, 5.74) is 1.29. The molecular weight excluding hydrogens is 191 g/mol. The van der Waals surface area contributed by atoms with E-state index in [-0.39, 0.29) is 11.2 Å². The molecular formula is C13H19FO. The Bertz CT molecular complexity index is 324. The Labute approximate surface area is 90.9 Å². The van der Waals surface area contributed by atoms with Crippen molar-refractivity contribution in [2.75, 3.05) is 0 Å². The lowest BCUT2D eigenvalue weighted by atomic mass is 9.80. The zero-order chi connectivity index (χ0) is 11.6. The number of benzene rings is 1. The molecule has 84 valence electrons. The molecule has 0 aliphatic heterocycles. The molecule has 0 aromatic heterocycles. The lowest BCUT2D eigenvalue weighted by Gasteiger charge is -2.29. The molecule has 15 heavy (non-hydrogen) atoms. The summed E-state index contributed by atoms with van der Waals surface area (Å²) in [5, 5.41) is 10.1. The van der Waals surface area contributed by atoms with Crippen LogP contribution in [0.2, 0.25) is 0 Å². The summed E-state index contributed by atoms with van der Waals surface area (Å²) in [4.78, 5) is 0. The van der Waals surface area contributed by atoms with Crippen LogP contribution in [-0.2, 0) is 0 Å². The summed E-state index contributed by atoms with van der Waals surface area (Å²) < 4.78 is 13.2. The van der Waals surface area contributed by atoms with E-state index in [9.17, 15) is 9.50 Å². The average molecular weight is 210 g/mol. The maximum atomic E-state index is 13.2. The van der Waals surface area contributed by atoms with Crippen LogP contribution in [0.4, 0.5) is 4.39 Å². The molecule has 1 aromatic carbocycles. The van der Waals surface area contributed by atoms with Gasteiger partial charge >= 0.3 is 0 Å². The van der Waals surface area contributed by atoms with Crippen molar-refractivity contribution in [2.45, 2.75) is 40.2 Å².